The topological polar surface area (TPSA) is 42.7 Å². The molecule has 0 saturated carbocycles. The van der Waals surface area contributed by atoms with Crippen LogP contribution < -0.4 is 15.3 Å². The molecular weight excluding hydrogens is 369 g/mol. The monoisotopic (exact) mass is 385 g/mol. The molecule has 0 bridgehead atoms. The predicted octanol–water partition coefficient (Wildman–Crippen LogP) is 4.74. The van der Waals surface area contributed by atoms with Gasteiger partial charge in [0.15, 0.2) is 6.73 Å². The van der Waals surface area contributed by atoms with Gasteiger partial charge in [-0.3, -0.25) is 0 Å². The summed E-state index contributed by atoms with van der Waals surface area (Å²) in [6, 6.07) is 6.92. The maximum absolute atomic E-state index is 14.0. The zero-order chi connectivity index (χ0) is 18.7. The van der Waals surface area contributed by atoms with Gasteiger partial charge in [0, 0.05) is 16.6 Å². The highest BCUT2D eigenvalue weighted by Gasteiger charge is 2.28. The first-order valence-corrected chi connectivity index (χ1v) is 9.34. The molecule has 4 nitrogen and oxygen atoms in total. The Bertz CT molecular complexity index is 1150. The zero-order valence-corrected chi connectivity index (χ0v) is 15.5. The SMILES string of the molecule is Cc1ccc(N2COc3c(Cl)cc4c5c(c(=O)oc4c3C2)CCC5)cc1F. The molecular formula is C21H17ClFNO3. The molecule has 2 aromatic carbocycles. The van der Waals surface area contributed by atoms with Crippen molar-refractivity contribution in [2.45, 2.75) is 32.7 Å². The van der Waals surface area contributed by atoms with Gasteiger partial charge in [-0.1, -0.05) is 17.7 Å². The first-order chi connectivity index (χ1) is 13.0. The number of benzene rings is 2. The van der Waals surface area contributed by atoms with Crippen LogP contribution in [0.5, 0.6) is 5.75 Å². The Balaban J connectivity index is 1.68. The first kappa shape index (κ1) is 16.6. The van der Waals surface area contributed by atoms with Gasteiger partial charge in [-0.25, -0.2) is 9.18 Å². The Morgan fingerprint density at radius 3 is 2.78 bits per heavy atom. The molecule has 0 spiro atoms. The number of halogens is 2. The van der Waals surface area contributed by atoms with Gasteiger partial charge in [0.1, 0.15) is 17.1 Å². The van der Waals surface area contributed by atoms with Crippen molar-refractivity contribution in [2.24, 2.45) is 0 Å². The lowest BCUT2D eigenvalue weighted by Crippen LogP contribution is -2.32. The van der Waals surface area contributed by atoms with Gasteiger partial charge in [-0.2, -0.15) is 0 Å². The molecule has 27 heavy (non-hydrogen) atoms. The van der Waals surface area contributed by atoms with Crippen molar-refractivity contribution in [2.75, 3.05) is 11.6 Å². The summed E-state index contributed by atoms with van der Waals surface area (Å²) in [5.74, 6) is 0.271. The normalized spacial score (nSPS) is 15.6. The van der Waals surface area contributed by atoms with E-state index in [-0.39, 0.29) is 18.2 Å². The van der Waals surface area contributed by atoms with Crippen LogP contribution in [0.25, 0.3) is 11.0 Å². The molecule has 1 aliphatic carbocycles. The van der Waals surface area contributed by atoms with Gasteiger partial charge < -0.3 is 14.1 Å². The van der Waals surface area contributed by atoms with Crippen LogP contribution in [0.3, 0.4) is 0 Å². The molecule has 138 valence electrons. The van der Waals surface area contributed by atoms with Crippen molar-refractivity contribution in [3.8, 4) is 5.75 Å². The number of rotatable bonds is 1. The molecule has 5 rings (SSSR count). The van der Waals surface area contributed by atoms with Gasteiger partial charge >= 0.3 is 5.63 Å². The van der Waals surface area contributed by atoms with Crippen molar-refractivity contribution in [3.05, 3.63) is 67.8 Å². The fourth-order valence-electron chi connectivity index (χ4n) is 4.05. The smallest absolute Gasteiger partial charge is 0.339 e. The Morgan fingerprint density at radius 2 is 1.96 bits per heavy atom. The van der Waals surface area contributed by atoms with Gasteiger partial charge in [0.25, 0.3) is 0 Å². The third-order valence-electron chi connectivity index (χ3n) is 5.50. The largest absolute Gasteiger partial charge is 0.471 e. The van der Waals surface area contributed by atoms with Crippen molar-refractivity contribution in [1.29, 1.82) is 0 Å². The summed E-state index contributed by atoms with van der Waals surface area (Å²) >= 11 is 6.48. The van der Waals surface area contributed by atoms with Gasteiger partial charge in [0.05, 0.1) is 17.1 Å². The summed E-state index contributed by atoms with van der Waals surface area (Å²) < 4.78 is 25.6. The third kappa shape index (κ3) is 2.52. The number of hydrogen-bond acceptors (Lipinski definition) is 4. The van der Waals surface area contributed by atoms with Crippen LogP contribution in [0.1, 0.15) is 28.7 Å². The van der Waals surface area contributed by atoms with Crippen LogP contribution >= 0.6 is 11.6 Å². The molecule has 2 heterocycles. The van der Waals surface area contributed by atoms with Crippen LogP contribution in [-0.2, 0) is 19.4 Å². The Morgan fingerprint density at radius 1 is 1.15 bits per heavy atom. The standard InChI is InChI=1S/C21H17ClFNO3/c1-11-5-6-12(7-18(11)23)24-9-16-19-15(8-17(22)20(16)26-10-24)13-3-2-4-14(13)21(25)27-19/h5-8H,2-4,9-10H2,1H3. The van der Waals surface area contributed by atoms with Crippen LogP contribution in [0, 0.1) is 12.7 Å². The fraction of sp³-hybridized carbons (Fsp3) is 0.286. The maximum atomic E-state index is 14.0. The summed E-state index contributed by atoms with van der Waals surface area (Å²) in [5, 5.41) is 1.39. The highest BCUT2D eigenvalue weighted by molar-refractivity contribution is 6.33. The van der Waals surface area contributed by atoms with Crippen LogP contribution in [0.2, 0.25) is 5.02 Å². The fourth-order valence-corrected chi connectivity index (χ4v) is 4.33. The molecule has 0 amide bonds. The Hall–Kier alpha value is -2.53. The molecule has 0 fully saturated rings. The van der Waals surface area contributed by atoms with Crippen molar-refractivity contribution >= 4 is 28.3 Å². The van der Waals surface area contributed by atoms with E-state index < -0.39 is 0 Å². The van der Waals surface area contributed by atoms with E-state index in [9.17, 15) is 9.18 Å². The summed E-state index contributed by atoms with van der Waals surface area (Å²) in [7, 11) is 0. The molecule has 0 atom stereocenters. The number of hydrogen-bond donors (Lipinski definition) is 0. The average molecular weight is 386 g/mol. The van der Waals surface area contributed by atoms with Gasteiger partial charge in [0.2, 0.25) is 0 Å². The number of nitrogens with zero attached hydrogens (tertiary/aromatic N) is 1. The molecule has 1 aliphatic heterocycles. The summed E-state index contributed by atoms with van der Waals surface area (Å²) in [6.45, 7) is 2.40. The minimum atomic E-state index is -0.280. The van der Waals surface area contributed by atoms with E-state index in [0.29, 0.717) is 34.2 Å². The van der Waals surface area contributed by atoms with E-state index in [2.05, 4.69) is 0 Å². The van der Waals surface area contributed by atoms with E-state index >= 15 is 0 Å². The van der Waals surface area contributed by atoms with E-state index in [1.54, 1.807) is 13.0 Å². The van der Waals surface area contributed by atoms with Crippen molar-refractivity contribution in [1.82, 2.24) is 0 Å². The molecule has 0 saturated heterocycles. The average Bonchev–Trinajstić information content (AvgIpc) is 3.16. The van der Waals surface area contributed by atoms with E-state index in [4.69, 9.17) is 20.8 Å². The molecule has 0 radical (unpaired) electrons. The lowest BCUT2D eigenvalue weighted by Gasteiger charge is -2.31. The molecule has 6 heteroatoms. The minimum Gasteiger partial charge on any atom is -0.471 e. The predicted molar refractivity (Wildman–Crippen MR) is 102 cm³/mol. The summed E-state index contributed by atoms with van der Waals surface area (Å²) in [4.78, 5) is 14.3. The molecule has 1 aromatic heterocycles. The van der Waals surface area contributed by atoms with E-state index in [0.717, 1.165) is 41.3 Å². The molecule has 0 N–H and O–H groups in total. The molecule has 3 aromatic rings. The Labute approximate surface area is 160 Å². The number of anilines is 1. The zero-order valence-electron chi connectivity index (χ0n) is 14.8. The van der Waals surface area contributed by atoms with Crippen molar-refractivity contribution in [3.63, 3.8) is 0 Å². The Kier molecular flexibility index (Phi) is 3.69. The number of fused-ring (bicyclic) bond motifs is 5. The van der Waals surface area contributed by atoms with Gasteiger partial charge in [-0.15, -0.1) is 0 Å². The van der Waals surface area contributed by atoms with Crippen LogP contribution in [-0.4, -0.2) is 6.73 Å². The second-order valence-corrected chi connectivity index (χ2v) is 7.56. The molecule has 0 unspecified atom stereocenters. The third-order valence-corrected chi connectivity index (χ3v) is 5.78. The highest BCUT2D eigenvalue weighted by atomic mass is 35.5. The van der Waals surface area contributed by atoms with Gasteiger partial charge in [-0.05, 0) is 55.5 Å². The van der Waals surface area contributed by atoms with Crippen molar-refractivity contribution < 1.29 is 13.5 Å². The lowest BCUT2D eigenvalue weighted by atomic mass is 10.0. The van der Waals surface area contributed by atoms with Crippen LogP contribution in [0.4, 0.5) is 10.1 Å². The van der Waals surface area contributed by atoms with E-state index in [1.165, 1.54) is 6.07 Å². The molecule has 2 aliphatic rings. The number of ether oxygens (including phenoxy) is 1. The number of aryl methyl sites for hydroxylation is 2. The van der Waals surface area contributed by atoms with Crippen LogP contribution in [0.15, 0.2) is 33.5 Å². The first-order valence-electron chi connectivity index (χ1n) is 8.97. The van der Waals surface area contributed by atoms with E-state index in [1.807, 2.05) is 17.0 Å². The maximum Gasteiger partial charge on any atom is 0.339 e. The second-order valence-electron chi connectivity index (χ2n) is 7.15. The summed E-state index contributed by atoms with van der Waals surface area (Å²) in [6.07, 6.45) is 2.53. The minimum absolute atomic E-state index is 0.246. The lowest BCUT2D eigenvalue weighted by molar-refractivity contribution is 0.289. The highest BCUT2D eigenvalue weighted by Crippen LogP contribution is 2.41. The summed E-state index contributed by atoms with van der Waals surface area (Å²) in [5.41, 5.74) is 4.07. The quantitative estimate of drug-likeness (QED) is 0.567. The second kappa shape index (κ2) is 5.99.